The van der Waals surface area contributed by atoms with Crippen molar-refractivity contribution in [2.75, 3.05) is 5.32 Å². The van der Waals surface area contributed by atoms with Crippen molar-refractivity contribution in [3.8, 4) is 0 Å². The molecule has 2 N–H and O–H groups in total. The predicted octanol–water partition coefficient (Wildman–Crippen LogP) is 4.89. The molecule has 144 valence electrons. The van der Waals surface area contributed by atoms with E-state index in [-0.39, 0.29) is 17.7 Å². The summed E-state index contributed by atoms with van der Waals surface area (Å²) in [6.07, 6.45) is 1.56. The van der Waals surface area contributed by atoms with E-state index in [0.29, 0.717) is 23.4 Å². The van der Waals surface area contributed by atoms with Crippen molar-refractivity contribution in [2.45, 2.75) is 33.2 Å². The lowest BCUT2D eigenvalue weighted by Crippen LogP contribution is -2.23. The topological polar surface area (TPSA) is 71.3 Å². The SMILES string of the molecule is Cc1cccc(C(C)C)c1NC(=O)c1cccc(C(=O)NCc2ccco2)c1. The molecular weight excluding hydrogens is 352 g/mol. The van der Waals surface area contributed by atoms with Crippen LogP contribution >= 0.6 is 0 Å². The van der Waals surface area contributed by atoms with Crippen molar-refractivity contribution in [1.82, 2.24) is 5.32 Å². The molecule has 0 saturated carbocycles. The van der Waals surface area contributed by atoms with Crippen LogP contribution < -0.4 is 10.6 Å². The molecular formula is C23H24N2O3. The molecule has 2 amide bonds. The first-order valence-corrected chi connectivity index (χ1v) is 9.27. The Bertz CT molecular complexity index is 975. The summed E-state index contributed by atoms with van der Waals surface area (Å²) in [6, 6.07) is 16.2. The number of rotatable bonds is 6. The Kier molecular flexibility index (Phi) is 5.94. The number of hydrogen-bond donors (Lipinski definition) is 2. The molecule has 2 aromatic carbocycles. The van der Waals surface area contributed by atoms with Crippen LogP contribution in [0.3, 0.4) is 0 Å². The van der Waals surface area contributed by atoms with Crippen LogP contribution in [0, 0.1) is 6.92 Å². The summed E-state index contributed by atoms with van der Waals surface area (Å²) in [7, 11) is 0. The molecule has 1 aromatic heterocycles. The van der Waals surface area contributed by atoms with Gasteiger partial charge in [0, 0.05) is 16.8 Å². The van der Waals surface area contributed by atoms with Crippen LogP contribution in [0.2, 0.25) is 0 Å². The van der Waals surface area contributed by atoms with Crippen LogP contribution in [-0.2, 0) is 6.54 Å². The minimum Gasteiger partial charge on any atom is -0.467 e. The van der Waals surface area contributed by atoms with Crippen LogP contribution in [0.4, 0.5) is 5.69 Å². The first-order chi connectivity index (χ1) is 13.5. The molecule has 0 bridgehead atoms. The summed E-state index contributed by atoms with van der Waals surface area (Å²) < 4.78 is 5.21. The second-order valence-corrected chi connectivity index (χ2v) is 6.99. The summed E-state index contributed by atoms with van der Waals surface area (Å²) in [5, 5.41) is 5.80. The smallest absolute Gasteiger partial charge is 0.255 e. The molecule has 0 fully saturated rings. The first kappa shape index (κ1) is 19.4. The largest absolute Gasteiger partial charge is 0.467 e. The highest BCUT2D eigenvalue weighted by Crippen LogP contribution is 2.27. The summed E-state index contributed by atoms with van der Waals surface area (Å²) in [6.45, 7) is 6.45. The minimum absolute atomic E-state index is 0.239. The zero-order valence-corrected chi connectivity index (χ0v) is 16.3. The third-order valence-corrected chi connectivity index (χ3v) is 4.56. The van der Waals surface area contributed by atoms with E-state index in [4.69, 9.17) is 4.42 Å². The van der Waals surface area contributed by atoms with E-state index in [1.165, 1.54) is 0 Å². The van der Waals surface area contributed by atoms with E-state index in [9.17, 15) is 9.59 Å². The fraction of sp³-hybridized carbons (Fsp3) is 0.217. The van der Waals surface area contributed by atoms with Crippen LogP contribution in [0.25, 0.3) is 0 Å². The maximum Gasteiger partial charge on any atom is 0.255 e. The van der Waals surface area contributed by atoms with Gasteiger partial charge in [-0.2, -0.15) is 0 Å². The monoisotopic (exact) mass is 376 g/mol. The molecule has 0 atom stereocenters. The van der Waals surface area contributed by atoms with Gasteiger partial charge < -0.3 is 15.1 Å². The number of carbonyl (C=O) groups excluding carboxylic acids is 2. The van der Waals surface area contributed by atoms with Crippen LogP contribution in [0.1, 0.15) is 57.4 Å². The molecule has 0 aliphatic heterocycles. The molecule has 0 aliphatic carbocycles. The van der Waals surface area contributed by atoms with Crippen LogP contribution in [0.5, 0.6) is 0 Å². The average molecular weight is 376 g/mol. The van der Waals surface area contributed by atoms with Gasteiger partial charge in [-0.15, -0.1) is 0 Å². The van der Waals surface area contributed by atoms with Crippen LogP contribution in [0.15, 0.2) is 65.3 Å². The van der Waals surface area contributed by atoms with Crippen LogP contribution in [-0.4, -0.2) is 11.8 Å². The highest BCUT2D eigenvalue weighted by molar-refractivity contribution is 6.06. The lowest BCUT2D eigenvalue weighted by molar-refractivity contribution is 0.0948. The Hall–Kier alpha value is -3.34. The minimum atomic E-state index is -0.259. The maximum atomic E-state index is 12.8. The molecule has 1 heterocycles. The molecule has 28 heavy (non-hydrogen) atoms. The van der Waals surface area contributed by atoms with Gasteiger partial charge in [0.15, 0.2) is 0 Å². The third-order valence-electron chi connectivity index (χ3n) is 4.56. The third kappa shape index (κ3) is 4.49. The van der Waals surface area contributed by atoms with E-state index >= 15 is 0 Å². The highest BCUT2D eigenvalue weighted by atomic mass is 16.3. The molecule has 0 radical (unpaired) electrons. The zero-order chi connectivity index (χ0) is 20.1. The number of amides is 2. The summed E-state index contributed by atoms with van der Waals surface area (Å²) in [5.41, 5.74) is 3.78. The lowest BCUT2D eigenvalue weighted by atomic mass is 9.98. The molecule has 0 unspecified atom stereocenters. The van der Waals surface area contributed by atoms with Gasteiger partial charge in [0.05, 0.1) is 12.8 Å². The molecule has 5 heteroatoms. The van der Waals surface area contributed by atoms with Gasteiger partial charge in [0.25, 0.3) is 11.8 Å². The van der Waals surface area contributed by atoms with Gasteiger partial charge in [0.1, 0.15) is 5.76 Å². The van der Waals surface area contributed by atoms with E-state index < -0.39 is 0 Å². The van der Waals surface area contributed by atoms with Crippen molar-refractivity contribution in [3.63, 3.8) is 0 Å². The maximum absolute atomic E-state index is 12.8. The Morgan fingerprint density at radius 1 is 0.964 bits per heavy atom. The fourth-order valence-electron chi connectivity index (χ4n) is 3.01. The van der Waals surface area contributed by atoms with Crippen molar-refractivity contribution < 1.29 is 14.0 Å². The van der Waals surface area contributed by atoms with E-state index in [0.717, 1.165) is 16.8 Å². The number of hydrogen-bond acceptors (Lipinski definition) is 3. The van der Waals surface area contributed by atoms with Crippen molar-refractivity contribution >= 4 is 17.5 Å². The Morgan fingerprint density at radius 2 is 1.68 bits per heavy atom. The Balaban J connectivity index is 1.75. The Morgan fingerprint density at radius 3 is 2.36 bits per heavy atom. The molecule has 0 aliphatic rings. The van der Waals surface area contributed by atoms with Crippen molar-refractivity contribution in [2.24, 2.45) is 0 Å². The van der Waals surface area contributed by atoms with Gasteiger partial charge >= 0.3 is 0 Å². The van der Waals surface area contributed by atoms with Gasteiger partial charge in [0.2, 0.25) is 0 Å². The van der Waals surface area contributed by atoms with Crippen molar-refractivity contribution in [1.29, 1.82) is 0 Å². The number of para-hydroxylation sites is 1. The number of furan rings is 1. The normalized spacial score (nSPS) is 10.7. The number of benzene rings is 2. The summed E-state index contributed by atoms with van der Waals surface area (Å²) >= 11 is 0. The molecule has 3 aromatic rings. The zero-order valence-electron chi connectivity index (χ0n) is 16.3. The van der Waals surface area contributed by atoms with Gasteiger partial charge in [-0.05, 0) is 54.3 Å². The molecule has 3 rings (SSSR count). The number of nitrogens with one attached hydrogen (secondary N) is 2. The first-order valence-electron chi connectivity index (χ1n) is 9.27. The van der Waals surface area contributed by atoms with Gasteiger partial charge in [-0.1, -0.05) is 38.1 Å². The number of aryl methyl sites for hydroxylation is 1. The van der Waals surface area contributed by atoms with Gasteiger partial charge in [-0.3, -0.25) is 9.59 Å². The quantitative estimate of drug-likeness (QED) is 0.643. The second-order valence-electron chi connectivity index (χ2n) is 6.99. The molecule has 0 spiro atoms. The lowest BCUT2D eigenvalue weighted by Gasteiger charge is -2.16. The molecule has 5 nitrogen and oxygen atoms in total. The van der Waals surface area contributed by atoms with E-state index in [2.05, 4.69) is 24.5 Å². The molecule has 0 saturated heterocycles. The fourth-order valence-corrected chi connectivity index (χ4v) is 3.01. The predicted molar refractivity (Wildman–Crippen MR) is 110 cm³/mol. The standard InChI is InChI=1S/C23H24N2O3/c1-15(2)20-11-4-7-16(3)21(20)25-23(27)18-9-5-8-17(13-18)22(26)24-14-19-10-6-12-28-19/h4-13,15H,14H2,1-3H3,(H,24,26)(H,25,27). The Labute approximate surface area is 164 Å². The van der Waals surface area contributed by atoms with E-state index in [1.807, 2.05) is 25.1 Å². The van der Waals surface area contributed by atoms with Gasteiger partial charge in [-0.25, -0.2) is 0 Å². The summed E-state index contributed by atoms with van der Waals surface area (Å²) in [4.78, 5) is 25.2. The number of anilines is 1. The number of carbonyl (C=O) groups is 2. The average Bonchev–Trinajstić information content (AvgIpc) is 3.21. The highest BCUT2D eigenvalue weighted by Gasteiger charge is 2.15. The second kappa shape index (κ2) is 8.57. The van der Waals surface area contributed by atoms with E-state index in [1.54, 1.807) is 42.7 Å². The van der Waals surface area contributed by atoms with Crippen molar-refractivity contribution in [3.05, 3.63) is 88.9 Å². The summed E-state index contributed by atoms with van der Waals surface area (Å²) in [5.74, 6) is 0.457.